The molecular weight excluding hydrogens is 1140 g/mol. The number of ether oxygens (including phenoxy) is 4. The maximum absolute atomic E-state index is 16.2. The van der Waals surface area contributed by atoms with Crippen molar-refractivity contribution in [2.45, 2.75) is 137 Å². The normalized spacial score (nSPS) is 31.3. The summed E-state index contributed by atoms with van der Waals surface area (Å²) >= 11 is 0. The van der Waals surface area contributed by atoms with Crippen LogP contribution < -0.4 is 10.4 Å². The fourth-order valence-electron chi connectivity index (χ4n) is 19.7. The molecule has 18 rings (SSSR count). The Hall–Kier alpha value is -7.71. The molecule has 6 bridgehead atoms. The van der Waals surface area contributed by atoms with E-state index in [0.717, 1.165) is 48.8 Å². The predicted molar refractivity (Wildman–Crippen MR) is 348 cm³/mol. The summed E-state index contributed by atoms with van der Waals surface area (Å²) < 4.78 is 34.1. The second-order valence-corrected chi connectivity index (χ2v) is 27.6. The minimum absolute atomic E-state index is 0.0122. The highest BCUT2D eigenvalue weighted by Gasteiger charge is 2.65. The van der Waals surface area contributed by atoms with Crippen molar-refractivity contribution in [3.8, 4) is 5.75 Å². The average Bonchev–Trinajstić information content (AvgIpc) is 1.58. The number of aryl methyl sites for hydroxylation is 1. The molecule has 0 radical (unpaired) electrons. The van der Waals surface area contributed by atoms with E-state index in [1.165, 1.54) is 44.5 Å². The van der Waals surface area contributed by atoms with Crippen molar-refractivity contribution in [3.05, 3.63) is 227 Å². The molecule has 5 aromatic carbocycles. The molecule has 91 heavy (non-hydrogen) atoms. The van der Waals surface area contributed by atoms with Crippen LogP contribution in [0.3, 0.4) is 0 Å². The van der Waals surface area contributed by atoms with E-state index in [9.17, 15) is 25.2 Å². The third kappa shape index (κ3) is 9.19. The van der Waals surface area contributed by atoms with Crippen LogP contribution in [0.25, 0.3) is 34.8 Å². The number of aliphatic hydroxyl groups excluding tert-OH is 4. The SMILES string of the molecule is CC(CO)=C1CCc2ccc3c(c2)C=CC2=CC4CCCC5C=Cc6ccccc6C54c4cccc(c42)C2C=CC3C(CC(=O)OC3c4c(ccc5c(CO)c(C(CCO)COCO)c(=O)oc45)OC4(CCCC5C6C=Cc7ccccc7C6CC54)C3OC1=O)C2. The van der Waals surface area contributed by atoms with Crippen LogP contribution in [0.2, 0.25) is 0 Å². The van der Waals surface area contributed by atoms with Crippen LogP contribution in [0.5, 0.6) is 5.75 Å². The molecule has 9 aliphatic carbocycles. The van der Waals surface area contributed by atoms with Crippen LogP contribution in [0, 0.1) is 35.5 Å². The number of carbonyl (C=O) groups excluding carboxylic acids is 2. The number of esters is 2. The second-order valence-electron chi connectivity index (χ2n) is 27.6. The first-order valence-corrected chi connectivity index (χ1v) is 33.4. The molecule has 14 unspecified atom stereocenters. The van der Waals surface area contributed by atoms with Gasteiger partial charge in [-0.25, -0.2) is 9.59 Å². The van der Waals surface area contributed by atoms with E-state index in [2.05, 4.69) is 140 Å². The van der Waals surface area contributed by atoms with Crippen LogP contribution in [0.1, 0.15) is 180 Å². The largest absolute Gasteiger partial charge is 0.482 e. The van der Waals surface area contributed by atoms with Gasteiger partial charge >= 0.3 is 17.6 Å². The van der Waals surface area contributed by atoms with E-state index in [0.29, 0.717) is 53.9 Å². The van der Waals surface area contributed by atoms with Crippen molar-refractivity contribution in [3.63, 3.8) is 0 Å². The van der Waals surface area contributed by atoms with Crippen molar-refractivity contribution in [2.24, 2.45) is 35.5 Å². The van der Waals surface area contributed by atoms with Gasteiger partial charge < -0.3 is 43.8 Å². The Bertz CT molecular complexity index is 4210. The molecule has 6 aromatic rings. The van der Waals surface area contributed by atoms with E-state index in [4.69, 9.17) is 23.4 Å². The van der Waals surface area contributed by atoms with Gasteiger partial charge in [0.15, 0.2) is 17.8 Å². The van der Waals surface area contributed by atoms with Gasteiger partial charge in [0.2, 0.25) is 0 Å². The fraction of sp³-hybridized carbons (Fsp3) is 0.405. The standard InChI is InChI=1S/C79H78O12/c1-44(40-81)55-26-18-45-19-27-57-48(35-45)20-21-50-37-54-12-6-11-53-25-22-47-10-3-5-16-65(47)79(53,54)66-17-7-14-59(70(50)66)49-24-28-58(57)52(36-49)38-69(84)88-74-72-68(31-30-62-64(41-82)71(77(86)89-73(62)72)51(32-34-80)42-87-43-83)91-78(75(74)90-76(55)85)33-8-15-61-60-29-23-46-9-2-4-13-56(46)63(60)39-67(61)78/h2-5,7,9-10,13-14,16-17,19-25,27-31,35,37,49,51-54,58,60-61,63,67,74-75,80-83H,6,8,11-12,15,18,26,32-34,36,38-43H2,1H3. The quantitative estimate of drug-likeness (QED) is 0.0373. The minimum atomic E-state index is -1.40. The number of fused-ring (bicyclic) bond motifs is 17. The maximum atomic E-state index is 16.2. The fourth-order valence-corrected chi connectivity index (χ4v) is 19.7. The molecule has 2 spiro atoms. The van der Waals surface area contributed by atoms with E-state index in [1.54, 1.807) is 19.1 Å². The zero-order valence-corrected chi connectivity index (χ0v) is 51.4. The average molecular weight is 1220 g/mol. The van der Waals surface area contributed by atoms with Gasteiger partial charge in [-0.3, -0.25) is 4.79 Å². The van der Waals surface area contributed by atoms with Gasteiger partial charge in [0.05, 0.1) is 25.4 Å². The van der Waals surface area contributed by atoms with Crippen molar-refractivity contribution < 1.29 is 53.4 Å². The van der Waals surface area contributed by atoms with Gasteiger partial charge in [0.1, 0.15) is 18.1 Å². The molecule has 4 heterocycles. The number of rotatable bonds is 8. The molecular formula is C79H78O12. The Morgan fingerprint density at radius 2 is 1.57 bits per heavy atom. The van der Waals surface area contributed by atoms with E-state index < -0.39 is 61.3 Å². The summed E-state index contributed by atoms with van der Waals surface area (Å²) in [7, 11) is 0. The Morgan fingerprint density at radius 1 is 0.747 bits per heavy atom. The lowest BCUT2D eigenvalue weighted by atomic mass is 9.48. The van der Waals surface area contributed by atoms with Gasteiger partial charge in [-0.1, -0.05) is 146 Å². The summed E-state index contributed by atoms with van der Waals surface area (Å²) in [6.45, 7) is -0.319. The lowest BCUT2D eigenvalue weighted by molar-refractivity contribution is -0.212. The summed E-state index contributed by atoms with van der Waals surface area (Å²) in [5.74, 6) is -1.40. The second kappa shape index (κ2) is 23.1. The first kappa shape index (κ1) is 58.4. The molecule has 3 saturated carbocycles. The van der Waals surface area contributed by atoms with Gasteiger partial charge in [0, 0.05) is 58.6 Å². The highest BCUT2D eigenvalue weighted by atomic mass is 16.6. The maximum Gasteiger partial charge on any atom is 0.340 e. The zero-order valence-electron chi connectivity index (χ0n) is 51.4. The molecule has 3 fully saturated rings. The van der Waals surface area contributed by atoms with E-state index in [1.807, 2.05) is 0 Å². The van der Waals surface area contributed by atoms with Crippen molar-refractivity contribution >= 4 is 46.7 Å². The first-order chi connectivity index (χ1) is 44.5. The molecule has 4 N–H and O–H groups in total. The summed E-state index contributed by atoms with van der Waals surface area (Å²) in [5, 5.41) is 42.8. The number of allylic oxidation sites excluding steroid dienone is 7. The summed E-state index contributed by atoms with van der Waals surface area (Å²) in [4.78, 5) is 46.9. The highest BCUT2D eigenvalue weighted by Crippen LogP contribution is 2.65. The van der Waals surface area contributed by atoms with E-state index >= 15 is 9.59 Å². The topological polar surface area (TPSA) is 182 Å². The molecule has 1 aromatic heterocycles. The van der Waals surface area contributed by atoms with Crippen molar-refractivity contribution in [1.29, 1.82) is 0 Å². The van der Waals surface area contributed by atoms with E-state index in [-0.39, 0.29) is 108 Å². The Balaban J connectivity index is 0.884. The smallest absolute Gasteiger partial charge is 0.340 e. The summed E-state index contributed by atoms with van der Waals surface area (Å²) in [6, 6.07) is 34.7. The molecule has 466 valence electrons. The van der Waals surface area contributed by atoms with Crippen molar-refractivity contribution in [2.75, 3.05) is 26.6 Å². The third-order valence-corrected chi connectivity index (χ3v) is 23.5. The molecule has 12 heteroatoms. The number of hydrogen-bond donors (Lipinski definition) is 4. The number of carbonyl (C=O) groups is 2. The lowest BCUT2D eigenvalue weighted by Gasteiger charge is -2.54. The van der Waals surface area contributed by atoms with Crippen LogP contribution in [0.15, 0.2) is 154 Å². The van der Waals surface area contributed by atoms with Crippen molar-refractivity contribution in [1.82, 2.24) is 0 Å². The lowest BCUT2D eigenvalue weighted by Crippen LogP contribution is -2.62. The van der Waals surface area contributed by atoms with Crippen LogP contribution in [-0.4, -0.2) is 70.7 Å². The molecule has 12 aliphatic rings. The number of benzene rings is 5. The minimum Gasteiger partial charge on any atom is -0.482 e. The van der Waals surface area contributed by atoms with Crippen LogP contribution in [-0.2, 0) is 42.2 Å². The summed E-state index contributed by atoms with van der Waals surface area (Å²) in [5.41, 5.74) is 12.3. The molecule has 3 aliphatic heterocycles. The summed E-state index contributed by atoms with van der Waals surface area (Å²) in [6.07, 6.45) is 26.1. The predicted octanol–water partition coefficient (Wildman–Crippen LogP) is 13.5. The highest BCUT2D eigenvalue weighted by molar-refractivity contribution is 5.91. The van der Waals surface area contributed by atoms with Gasteiger partial charge in [-0.2, -0.15) is 0 Å². The van der Waals surface area contributed by atoms with Crippen LogP contribution in [0.4, 0.5) is 0 Å². The van der Waals surface area contributed by atoms with Gasteiger partial charge in [0.25, 0.3) is 0 Å². The number of aliphatic hydroxyl groups is 4. The molecule has 0 amide bonds. The molecule has 0 saturated heterocycles. The molecule has 12 nitrogen and oxygen atoms in total. The molecule has 14 atom stereocenters. The van der Waals surface area contributed by atoms with Crippen LogP contribution >= 0.6 is 0 Å². The number of hydrogen-bond acceptors (Lipinski definition) is 12. The zero-order chi connectivity index (χ0) is 61.9. The Labute approximate surface area is 530 Å². The third-order valence-electron chi connectivity index (χ3n) is 23.5. The van der Waals surface area contributed by atoms with Gasteiger partial charge in [-0.15, -0.1) is 0 Å². The Kier molecular flexibility index (Phi) is 14.8. The Morgan fingerprint density at radius 3 is 2.43 bits per heavy atom. The van der Waals surface area contributed by atoms with Gasteiger partial charge in [-0.05, 0) is 191 Å². The monoisotopic (exact) mass is 1220 g/mol. The first-order valence-electron chi connectivity index (χ1n) is 33.4.